The van der Waals surface area contributed by atoms with E-state index in [0.717, 1.165) is 148 Å². The molecule has 0 aliphatic rings. The van der Waals surface area contributed by atoms with Crippen molar-refractivity contribution >= 4 is 17.9 Å². The molecule has 464 valence electrons. The largest absolute Gasteiger partial charge is 0.462 e. The third kappa shape index (κ3) is 66.1. The third-order valence-corrected chi connectivity index (χ3v) is 14.1. The SMILES string of the molecule is CC/C=C\C/C=C\C/C=C\C/C=C\C/C=C\C/C=C\C/C=C\CCCCCCCCCC(=O)OCC(COC(=O)CCCCCCC/C=C\CCCCC)OC(=O)CCCCCCCCCCCC/C=C\C/C=C\C/C=C\C/C=C\CC. The van der Waals surface area contributed by atoms with Gasteiger partial charge in [0.05, 0.1) is 0 Å². The van der Waals surface area contributed by atoms with Crippen LogP contribution in [0, 0.1) is 0 Å². The molecule has 0 heterocycles. The van der Waals surface area contributed by atoms with Crippen molar-refractivity contribution in [2.45, 2.75) is 303 Å². The van der Waals surface area contributed by atoms with Crippen LogP contribution in [-0.4, -0.2) is 37.2 Å². The van der Waals surface area contributed by atoms with Crippen LogP contribution >= 0.6 is 0 Å². The average Bonchev–Trinajstić information content (AvgIpc) is 3.47. The zero-order valence-electron chi connectivity index (χ0n) is 53.2. The molecule has 1 unspecified atom stereocenters. The highest BCUT2D eigenvalue weighted by molar-refractivity contribution is 5.71. The quantitative estimate of drug-likeness (QED) is 0.0261. The van der Waals surface area contributed by atoms with Gasteiger partial charge in [-0.3, -0.25) is 14.4 Å². The second-order valence-corrected chi connectivity index (χ2v) is 22.0. The Kier molecular flexibility index (Phi) is 64.8. The first-order valence-corrected chi connectivity index (χ1v) is 33.8. The molecule has 0 spiro atoms. The van der Waals surface area contributed by atoms with E-state index in [1.54, 1.807) is 0 Å². The van der Waals surface area contributed by atoms with Crippen molar-refractivity contribution in [3.63, 3.8) is 0 Å². The van der Waals surface area contributed by atoms with Crippen LogP contribution < -0.4 is 0 Å². The number of ether oxygens (including phenoxy) is 3. The van der Waals surface area contributed by atoms with E-state index in [-0.39, 0.29) is 31.1 Å². The number of carbonyl (C=O) groups is 3. The second-order valence-electron chi connectivity index (χ2n) is 22.0. The number of esters is 3. The van der Waals surface area contributed by atoms with E-state index in [0.29, 0.717) is 19.3 Å². The Morgan fingerprint density at radius 1 is 0.256 bits per heavy atom. The third-order valence-electron chi connectivity index (χ3n) is 14.1. The zero-order valence-corrected chi connectivity index (χ0v) is 53.2. The molecule has 0 saturated heterocycles. The predicted molar refractivity (Wildman–Crippen MR) is 357 cm³/mol. The van der Waals surface area contributed by atoms with Crippen molar-refractivity contribution < 1.29 is 28.6 Å². The molecule has 0 amide bonds. The van der Waals surface area contributed by atoms with E-state index in [4.69, 9.17) is 14.2 Å². The van der Waals surface area contributed by atoms with Gasteiger partial charge in [-0.2, -0.15) is 0 Å². The summed E-state index contributed by atoms with van der Waals surface area (Å²) in [7, 11) is 0. The maximum atomic E-state index is 12.9. The van der Waals surface area contributed by atoms with Gasteiger partial charge in [-0.25, -0.2) is 0 Å². The first kappa shape index (κ1) is 77.3. The standard InChI is InChI=1S/C76H124O6/c1-4-7-10-13-16-19-22-25-27-29-31-33-35-36-37-38-39-40-42-43-45-47-49-51-54-57-60-63-66-69-75(78)81-72-73(71-80-74(77)68-65-62-59-56-53-24-21-18-15-12-9-6-3)82-76(79)70-67-64-61-58-55-52-50-48-46-44-41-34-32-30-28-26-23-20-17-14-11-8-5-2/h7-8,10-11,16-21,25-28,31-34,36-37,39-40,43,45,73H,4-6,9,12-15,22-24,29-30,35,38,41-42,44,46-72H2,1-3H3/b10-7-,11-8-,19-16-,20-17-,21-18-,27-25-,28-26-,33-31-,34-32-,37-36-,40-39-,45-43-. The molecule has 0 bridgehead atoms. The molecule has 0 N–H and O–H groups in total. The van der Waals surface area contributed by atoms with Crippen LogP contribution in [0.25, 0.3) is 0 Å². The first-order valence-electron chi connectivity index (χ1n) is 33.8. The van der Waals surface area contributed by atoms with Crippen molar-refractivity contribution in [2.75, 3.05) is 13.2 Å². The molecule has 0 aliphatic carbocycles. The van der Waals surface area contributed by atoms with Gasteiger partial charge in [-0.15, -0.1) is 0 Å². The molecule has 0 aromatic carbocycles. The van der Waals surface area contributed by atoms with E-state index in [1.165, 1.54) is 109 Å². The number of hydrogen-bond acceptors (Lipinski definition) is 6. The molecule has 0 aliphatic heterocycles. The summed E-state index contributed by atoms with van der Waals surface area (Å²) in [4.78, 5) is 38.4. The first-order chi connectivity index (χ1) is 40.5. The van der Waals surface area contributed by atoms with Crippen molar-refractivity contribution in [1.82, 2.24) is 0 Å². The Hall–Kier alpha value is -4.71. The molecule has 0 saturated carbocycles. The van der Waals surface area contributed by atoms with Crippen LogP contribution in [0.5, 0.6) is 0 Å². The average molecular weight is 1130 g/mol. The van der Waals surface area contributed by atoms with Gasteiger partial charge in [-0.05, 0) is 141 Å². The highest BCUT2D eigenvalue weighted by atomic mass is 16.6. The van der Waals surface area contributed by atoms with Gasteiger partial charge < -0.3 is 14.2 Å². The molecule has 6 nitrogen and oxygen atoms in total. The summed E-state index contributed by atoms with van der Waals surface area (Å²) in [5.74, 6) is -0.912. The summed E-state index contributed by atoms with van der Waals surface area (Å²) in [6.45, 7) is 6.38. The van der Waals surface area contributed by atoms with Gasteiger partial charge in [0, 0.05) is 19.3 Å². The Balaban J connectivity index is 4.34. The second kappa shape index (κ2) is 68.8. The molecule has 0 radical (unpaired) electrons. The molecule has 1 atom stereocenters. The lowest BCUT2D eigenvalue weighted by Gasteiger charge is -2.18. The molecule has 0 rings (SSSR count). The molecular weight excluding hydrogens is 1010 g/mol. The van der Waals surface area contributed by atoms with Gasteiger partial charge in [0.2, 0.25) is 0 Å². The van der Waals surface area contributed by atoms with Gasteiger partial charge in [0.25, 0.3) is 0 Å². The number of unbranched alkanes of at least 4 members (excludes halogenated alkanes) is 25. The number of allylic oxidation sites excluding steroid dienone is 24. The van der Waals surface area contributed by atoms with Crippen molar-refractivity contribution in [3.8, 4) is 0 Å². The fraction of sp³-hybridized carbons (Fsp3) is 0.645. The van der Waals surface area contributed by atoms with Crippen LogP contribution in [0.1, 0.15) is 297 Å². The lowest BCUT2D eigenvalue weighted by Crippen LogP contribution is -2.30. The molecule has 0 fully saturated rings. The minimum Gasteiger partial charge on any atom is -0.462 e. The summed E-state index contributed by atoms with van der Waals surface area (Å²) in [5, 5.41) is 0. The van der Waals surface area contributed by atoms with Crippen LogP contribution in [0.2, 0.25) is 0 Å². The van der Waals surface area contributed by atoms with E-state index in [1.807, 2.05) is 0 Å². The molecule has 0 aromatic rings. The highest BCUT2D eigenvalue weighted by Gasteiger charge is 2.19. The van der Waals surface area contributed by atoms with Crippen LogP contribution in [0.4, 0.5) is 0 Å². The van der Waals surface area contributed by atoms with Crippen LogP contribution in [0.3, 0.4) is 0 Å². The minimum atomic E-state index is -0.796. The van der Waals surface area contributed by atoms with E-state index in [9.17, 15) is 14.4 Å². The van der Waals surface area contributed by atoms with Gasteiger partial charge in [0.1, 0.15) is 13.2 Å². The lowest BCUT2D eigenvalue weighted by molar-refractivity contribution is -0.167. The molecule has 82 heavy (non-hydrogen) atoms. The van der Waals surface area contributed by atoms with Gasteiger partial charge >= 0.3 is 17.9 Å². The molecular formula is C76H124O6. The number of hydrogen-bond donors (Lipinski definition) is 0. The molecule has 0 aromatic heterocycles. The van der Waals surface area contributed by atoms with Crippen molar-refractivity contribution in [2.24, 2.45) is 0 Å². The van der Waals surface area contributed by atoms with Crippen LogP contribution in [0.15, 0.2) is 146 Å². The van der Waals surface area contributed by atoms with E-state index < -0.39 is 6.10 Å². The summed E-state index contributed by atoms with van der Waals surface area (Å²) < 4.78 is 16.9. The Morgan fingerprint density at radius 2 is 0.476 bits per heavy atom. The number of rotatable bonds is 60. The van der Waals surface area contributed by atoms with Gasteiger partial charge in [-0.1, -0.05) is 282 Å². The smallest absolute Gasteiger partial charge is 0.306 e. The Labute approximate surface area is 506 Å². The monoisotopic (exact) mass is 1130 g/mol. The number of carbonyl (C=O) groups excluding carboxylic acids is 3. The summed E-state index contributed by atoms with van der Waals surface area (Å²) in [6.07, 6.45) is 98.6. The fourth-order valence-corrected chi connectivity index (χ4v) is 9.06. The highest BCUT2D eigenvalue weighted by Crippen LogP contribution is 2.15. The fourth-order valence-electron chi connectivity index (χ4n) is 9.06. The Morgan fingerprint density at radius 3 is 0.756 bits per heavy atom. The summed E-state index contributed by atoms with van der Waals surface area (Å²) >= 11 is 0. The van der Waals surface area contributed by atoms with E-state index in [2.05, 4.69) is 167 Å². The normalized spacial score (nSPS) is 13.1. The maximum absolute atomic E-state index is 12.9. The molecule has 6 heteroatoms. The topological polar surface area (TPSA) is 78.9 Å². The predicted octanol–water partition coefficient (Wildman–Crippen LogP) is 23.5. The summed E-state index contributed by atoms with van der Waals surface area (Å²) in [6, 6.07) is 0. The minimum absolute atomic E-state index is 0.0911. The lowest BCUT2D eigenvalue weighted by atomic mass is 10.0. The zero-order chi connectivity index (χ0) is 59.2. The van der Waals surface area contributed by atoms with Crippen LogP contribution in [-0.2, 0) is 28.6 Å². The Bertz CT molecular complexity index is 1780. The van der Waals surface area contributed by atoms with Crippen molar-refractivity contribution in [1.29, 1.82) is 0 Å². The summed E-state index contributed by atoms with van der Waals surface area (Å²) in [5.41, 5.74) is 0. The van der Waals surface area contributed by atoms with Gasteiger partial charge in [0.15, 0.2) is 6.10 Å². The van der Waals surface area contributed by atoms with Crippen molar-refractivity contribution in [3.05, 3.63) is 146 Å². The van der Waals surface area contributed by atoms with E-state index >= 15 is 0 Å². The maximum Gasteiger partial charge on any atom is 0.306 e.